The Bertz CT molecular complexity index is 1170. The lowest BCUT2D eigenvalue weighted by molar-refractivity contribution is -0.143. The molecule has 0 aromatic heterocycles. The summed E-state index contributed by atoms with van der Waals surface area (Å²) < 4.78 is 5.95. The molecule has 1 atom stereocenters. The first-order valence-electron chi connectivity index (χ1n) is 11.2. The van der Waals surface area contributed by atoms with Crippen molar-refractivity contribution < 1.29 is 14.3 Å². The topological polar surface area (TPSA) is 58.6 Å². The molecular weight excluding hydrogens is 471 g/mol. The van der Waals surface area contributed by atoms with Gasteiger partial charge in [-0.15, -0.1) is 0 Å². The summed E-state index contributed by atoms with van der Waals surface area (Å²) in [4.78, 5) is 28.1. The molecule has 0 aliphatic carbocycles. The fraction of sp³-hybridized carbons (Fsp3) is 0.333. The molecule has 180 valence electrons. The molecule has 0 fully saturated rings. The summed E-state index contributed by atoms with van der Waals surface area (Å²) in [5, 5.41) is 5.87. The normalized spacial score (nSPS) is 12.3. The predicted octanol–water partition coefficient (Wildman–Crippen LogP) is 6.25. The third kappa shape index (κ3) is 6.64. The van der Waals surface area contributed by atoms with E-state index in [0.717, 1.165) is 10.8 Å². The second kappa shape index (κ2) is 11.1. The van der Waals surface area contributed by atoms with Gasteiger partial charge in [-0.2, -0.15) is 0 Å². The number of benzene rings is 3. The SMILES string of the molecule is CC[C@@H](C(=O)NC(C)(C)C)N(Cc1ccc(Cl)cc1Cl)C(=O)COc1cccc2ccccc12. The first-order chi connectivity index (χ1) is 16.1. The smallest absolute Gasteiger partial charge is 0.261 e. The number of amides is 2. The first kappa shape index (κ1) is 25.9. The molecule has 3 aromatic rings. The molecule has 0 radical (unpaired) electrons. The van der Waals surface area contributed by atoms with E-state index in [2.05, 4.69) is 5.32 Å². The van der Waals surface area contributed by atoms with Crippen LogP contribution in [0, 0.1) is 0 Å². The van der Waals surface area contributed by atoms with Crippen molar-refractivity contribution in [3.63, 3.8) is 0 Å². The van der Waals surface area contributed by atoms with Gasteiger partial charge in [0.1, 0.15) is 11.8 Å². The zero-order chi connectivity index (χ0) is 24.9. The Balaban J connectivity index is 1.87. The summed E-state index contributed by atoms with van der Waals surface area (Å²) in [6, 6.07) is 18.0. The minimum atomic E-state index is -0.686. The second-order valence-electron chi connectivity index (χ2n) is 9.19. The first-order valence-corrected chi connectivity index (χ1v) is 12.0. The lowest BCUT2D eigenvalue weighted by atomic mass is 10.1. The Morgan fingerprint density at radius 3 is 2.41 bits per heavy atom. The Hall–Kier alpha value is -2.76. The third-order valence-corrected chi connectivity index (χ3v) is 5.93. The highest BCUT2D eigenvalue weighted by molar-refractivity contribution is 6.35. The molecule has 34 heavy (non-hydrogen) atoms. The van der Waals surface area contributed by atoms with Crippen molar-refractivity contribution in [2.24, 2.45) is 0 Å². The molecule has 0 bridgehead atoms. The molecule has 0 spiro atoms. The Morgan fingerprint density at radius 2 is 1.74 bits per heavy atom. The number of carbonyl (C=O) groups is 2. The maximum Gasteiger partial charge on any atom is 0.261 e. The maximum absolute atomic E-state index is 13.5. The van der Waals surface area contributed by atoms with Gasteiger partial charge in [0.25, 0.3) is 5.91 Å². The van der Waals surface area contributed by atoms with Crippen LogP contribution in [0.2, 0.25) is 10.0 Å². The largest absolute Gasteiger partial charge is 0.483 e. The number of carbonyl (C=O) groups excluding carboxylic acids is 2. The van der Waals surface area contributed by atoms with E-state index in [0.29, 0.717) is 27.8 Å². The van der Waals surface area contributed by atoms with E-state index in [1.807, 2.05) is 70.2 Å². The zero-order valence-corrected chi connectivity index (χ0v) is 21.4. The summed E-state index contributed by atoms with van der Waals surface area (Å²) >= 11 is 12.4. The van der Waals surface area contributed by atoms with Crippen LogP contribution in [-0.4, -0.2) is 34.9 Å². The van der Waals surface area contributed by atoms with E-state index < -0.39 is 11.6 Å². The highest BCUT2D eigenvalue weighted by Gasteiger charge is 2.31. The van der Waals surface area contributed by atoms with Crippen LogP contribution in [0.25, 0.3) is 10.8 Å². The Kier molecular flexibility index (Phi) is 8.45. The van der Waals surface area contributed by atoms with Crippen LogP contribution >= 0.6 is 23.2 Å². The van der Waals surface area contributed by atoms with Crippen LogP contribution in [0.4, 0.5) is 0 Å². The van der Waals surface area contributed by atoms with E-state index in [4.69, 9.17) is 27.9 Å². The minimum absolute atomic E-state index is 0.157. The summed E-state index contributed by atoms with van der Waals surface area (Å²) in [6.07, 6.45) is 0.438. The zero-order valence-electron chi connectivity index (χ0n) is 19.9. The van der Waals surface area contributed by atoms with Gasteiger partial charge in [0, 0.05) is 27.5 Å². The molecule has 0 aliphatic heterocycles. The molecular formula is C27H30Cl2N2O3. The molecule has 0 aliphatic rings. The molecule has 3 aromatic carbocycles. The van der Waals surface area contributed by atoms with Gasteiger partial charge < -0.3 is 15.0 Å². The van der Waals surface area contributed by atoms with Gasteiger partial charge in [0.15, 0.2) is 6.61 Å². The van der Waals surface area contributed by atoms with Crippen molar-refractivity contribution in [1.82, 2.24) is 10.2 Å². The van der Waals surface area contributed by atoms with E-state index in [9.17, 15) is 9.59 Å². The number of nitrogens with one attached hydrogen (secondary N) is 1. The third-order valence-electron chi connectivity index (χ3n) is 5.34. The lowest BCUT2D eigenvalue weighted by Crippen LogP contribution is -2.54. The number of nitrogens with zero attached hydrogens (tertiary/aromatic N) is 1. The van der Waals surface area contributed by atoms with Gasteiger partial charge in [0.05, 0.1) is 0 Å². The molecule has 0 unspecified atom stereocenters. The van der Waals surface area contributed by atoms with E-state index in [1.165, 1.54) is 4.90 Å². The van der Waals surface area contributed by atoms with Crippen molar-refractivity contribution in [3.8, 4) is 5.75 Å². The Labute approximate surface area is 211 Å². The maximum atomic E-state index is 13.5. The molecule has 1 N–H and O–H groups in total. The van der Waals surface area contributed by atoms with E-state index in [1.54, 1.807) is 18.2 Å². The number of hydrogen-bond donors (Lipinski definition) is 1. The summed E-state index contributed by atoms with van der Waals surface area (Å²) in [6.45, 7) is 7.54. The van der Waals surface area contributed by atoms with Crippen LogP contribution in [0.5, 0.6) is 5.75 Å². The highest BCUT2D eigenvalue weighted by atomic mass is 35.5. The standard InChI is InChI=1S/C27H30Cl2N2O3/c1-5-23(26(33)30-27(2,3)4)31(16-19-13-14-20(28)15-22(19)29)25(32)17-34-24-12-8-10-18-9-6-7-11-21(18)24/h6-15,23H,5,16-17H2,1-4H3,(H,30,33)/t23-/m0/s1. The molecule has 0 saturated carbocycles. The summed E-state index contributed by atoms with van der Waals surface area (Å²) in [5.41, 5.74) is 0.267. The van der Waals surface area contributed by atoms with E-state index >= 15 is 0 Å². The summed E-state index contributed by atoms with van der Waals surface area (Å²) in [5.74, 6) is 0.0802. The number of fused-ring (bicyclic) bond motifs is 1. The minimum Gasteiger partial charge on any atom is -0.483 e. The van der Waals surface area contributed by atoms with Gasteiger partial charge >= 0.3 is 0 Å². The number of halogens is 2. The van der Waals surface area contributed by atoms with Crippen LogP contribution in [0.3, 0.4) is 0 Å². The number of ether oxygens (including phenoxy) is 1. The van der Waals surface area contributed by atoms with Crippen LogP contribution in [0.1, 0.15) is 39.7 Å². The average Bonchev–Trinajstić information content (AvgIpc) is 2.77. The van der Waals surface area contributed by atoms with E-state index in [-0.39, 0.29) is 25.0 Å². The monoisotopic (exact) mass is 500 g/mol. The molecule has 2 amide bonds. The molecule has 0 heterocycles. The molecule has 7 heteroatoms. The molecule has 0 saturated heterocycles. The highest BCUT2D eigenvalue weighted by Crippen LogP contribution is 2.26. The Morgan fingerprint density at radius 1 is 1.03 bits per heavy atom. The van der Waals surface area contributed by atoms with Crippen molar-refractivity contribution in [2.45, 2.75) is 52.2 Å². The fourth-order valence-electron chi connectivity index (χ4n) is 3.75. The van der Waals surface area contributed by atoms with Crippen molar-refractivity contribution in [2.75, 3.05) is 6.61 Å². The van der Waals surface area contributed by atoms with Crippen LogP contribution in [0.15, 0.2) is 60.7 Å². The van der Waals surface area contributed by atoms with Gasteiger partial charge in [-0.1, -0.05) is 72.6 Å². The number of hydrogen-bond acceptors (Lipinski definition) is 3. The second-order valence-corrected chi connectivity index (χ2v) is 10.0. The fourth-order valence-corrected chi connectivity index (χ4v) is 4.22. The number of rotatable bonds is 8. The molecule has 5 nitrogen and oxygen atoms in total. The van der Waals surface area contributed by atoms with Crippen molar-refractivity contribution >= 4 is 45.8 Å². The summed E-state index contributed by atoms with van der Waals surface area (Å²) in [7, 11) is 0. The molecule has 3 rings (SSSR count). The van der Waals surface area contributed by atoms with Crippen LogP contribution in [-0.2, 0) is 16.1 Å². The van der Waals surface area contributed by atoms with Crippen LogP contribution < -0.4 is 10.1 Å². The quantitative estimate of drug-likeness (QED) is 0.397. The van der Waals surface area contributed by atoms with Gasteiger partial charge in [-0.05, 0) is 56.3 Å². The van der Waals surface area contributed by atoms with Gasteiger partial charge in [-0.3, -0.25) is 9.59 Å². The van der Waals surface area contributed by atoms with Gasteiger partial charge in [0.2, 0.25) is 5.91 Å². The lowest BCUT2D eigenvalue weighted by Gasteiger charge is -2.33. The van der Waals surface area contributed by atoms with Crippen molar-refractivity contribution in [1.29, 1.82) is 0 Å². The predicted molar refractivity (Wildman–Crippen MR) is 138 cm³/mol. The van der Waals surface area contributed by atoms with Crippen molar-refractivity contribution in [3.05, 3.63) is 76.3 Å². The van der Waals surface area contributed by atoms with Gasteiger partial charge in [-0.25, -0.2) is 0 Å². The average molecular weight is 501 g/mol.